The molecule has 1 unspecified atom stereocenters. The predicted octanol–water partition coefficient (Wildman–Crippen LogP) is 5.28. The van der Waals surface area contributed by atoms with E-state index in [1.807, 2.05) is 20.8 Å². The van der Waals surface area contributed by atoms with Crippen LogP contribution in [0.1, 0.15) is 47.9 Å². The first kappa shape index (κ1) is 25.0. The molecule has 0 saturated heterocycles. The Morgan fingerprint density at radius 1 is 1.06 bits per heavy atom. The second-order valence-electron chi connectivity index (χ2n) is 8.52. The highest BCUT2D eigenvalue weighted by Crippen LogP contribution is 2.29. The maximum absolute atomic E-state index is 13.4. The zero-order valence-corrected chi connectivity index (χ0v) is 19.4. The number of aromatic nitrogens is 1. The lowest BCUT2D eigenvalue weighted by molar-refractivity contribution is -0.124. The van der Waals surface area contributed by atoms with Crippen LogP contribution in [-0.2, 0) is 4.79 Å². The van der Waals surface area contributed by atoms with Gasteiger partial charge in [0.1, 0.15) is 17.5 Å². The topological polar surface area (TPSA) is 91.3 Å². The number of aliphatic hydroxyl groups excluding tert-OH is 1. The Kier molecular flexibility index (Phi) is 7.73. The lowest BCUT2D eigenvalue weighted by Crippen LogP contribution is -2.21. The molecule has 3 rings (SSSR count). The average Bonchev–Trinajstić information content (AvgIpc) is 2.77. The maximum atomic E-state index is 13.4. The highest BCUT2D eigenvalue weighted by molar-refractivity contribution is 6.01. The van der Waals surface area contributed by atoms with Crippen molar-refractivity contribution in [2.45, 2.75) is 33.3 Å². The van der Waals surface area contributed by atoms with Crippen LogP contribution in [0, 0.1) is 24.5 Å². The van der Waals surface area contributed by atoms with E-state index < -0.39 is 23.6 Å². The van der Waals surface area contributed by atoms with Crippen molar-refractivity contribution in [3.8, 4) is 11.1 Å². The molecule has 3 N–H and O–H groups in total. The van der Waals surface area contributed by atoms with E-state index in [4.69, 9.17) is 0 Å². The molecule has 2 aromatic carbocycles. The third-order valence-corrected chi connectivity index (χ3v) is 5.27. The van der Waals surface area contributed by atoms with E-state index in [0.29, 0.717) is 29.6 Å². The highest BCUT2D eigenvalue weighted by atomic mass is 19.1. The van der Waals surface area contributed by atoms with Gasteiger partial charge in [0.25, 0.3) is 5.91 Å². The van der Waals surface area contributed by atoms with E-state index in [-0.39, 0.29) is 17.3 Å². The molecular formula is C26H27F2N3O3. The summed E-state index contributed by atoms with van der Waals surface area (Å²) in [4.78, 5) is 29.5. The molecule has 0 aliphatic carbocycles. The molecule has 0 radical (unpaired) electrons. The van der Waals surface area contributed by atoms with Crippen LogP contribution >= 0.6 is 0 Å². The summed E-state index contributed by atoms with van der Waals surface area (Å²) in [6, 6.07) is 9.38. The van der Waals surface area contributed by atoms with E-state index in [2.05, 4.69) is 15.6 Å². The summed E-state index contributed by atoms with van der Waals surface area (Å²) in [5, 5.41) is 15.7. The molecule has 3 aromatic rings. The van der Waals surface area contributed by atoms with Gasteiger partial charge in [-0.1, -0.05) is 19.9 Å². The number of carbonyl (C=O) groups excluding carboxylic acids is 2. The number of hydrogen-bond donors (Lipinski definition) is 3. The Hall–Kier alpha value is -3.65. The Morgan fingerprint density at radius 3 is 2.32 bits per heavy atom. The lowest BCUT2D eigenvalue weighted by atomic mass is 9.96. The SMILES string of the molecule is CNc1ncc(-c2ccc(NC(=O)C(O)c3cc(F)cc(F)c3)cc2C)cc1C(=O)CC(C)C. The molecule has 178 valence electrons. The fourth-order valence-electron chi connectivity index (χ4n) is 3.66. The minimum Gasteiger partial charge on any atom is -0.378 e. The number of ketones is 1. The molecule has 1 atom stereocenters. The monoisotopic (exact) mass is 467 g/mol. The molecule has 0 spiro atoms. The first-order chi connectivity index (χ1) is 16.1. The van der Waals surface area contributed by atoms with Gasteiger partial charge in [0.05, 0.1) is 5.56 Å². The number of anilines is 2. The largest absolute Gasteiger partial charge is 0.378 e. The number of carbonyl (C=O) groups is 2. The van der Waals surface area contributed by atoms with Gasteiger partial charge in [-0.2, -0.15) is 0 Å². The number of hydrogen-bond acceptors (Lipinski definition) is 5. The molecule has 1 heterocycles. The standard InChI is InChI=1S/C26H27F2N3O3/c1-14(2)7-23(32)22-11-17(13-30-25(22)29-4)21-6-5-20(8-15(21)3)31-26(34)24(33)16-9-18(27)12-19(28)10-16/h5-6,8-14,24,33H,7H2,1-4H3,(H,29,30)(H,31,34). The van der Waals surface area contributed by atoms with Crippen LogP contribution in [0.25, 0.3) is 11.1 Å². The van der Waals surface area contributed by atoms with Crippen molar-refractivity contribution in [2.75, 3.05) is 17.7 Å². The van der Waals surface area contributed by atoms with E-state index in [0.717, 1.165) is 28.8 Å². The summed E-state index contributed by atoms with van der Waals surface area (Å²) in [6.45, 7) is 5.80. The van der Waals surface area contributed by atoms with Crippen molar-refractivity contribution in [3.63, 3.8) is 0 Å². The Bertz CT molecular complexity index is 1210. The molecule has 8 heteroatoms. The van der Waals surface area contributed by atoms with Crippen molar-refractivity contribution < 1.29 is 23.5 Å². The summed E-state index contributed by atoms with van der Waals surface area (Å²) in [5.74, 6) is -1.86. The number of amides is 1. The third-order valence-electron chi connectivity index (χ3n) is 5.27. The molecule has 6 nitrogen and oxygen atoms in total. The highest BCUT2D eigenvalue weighted by Gasteiger charge is 2.20. The first-order valence-electron chi connectivity index (χ1n) is 10.9. The number of nitrogens with one attached hydrogen (secondary N) is 2. The van der Waals surface area contributed by atoms with Gasteiger partial charge in [-0.3, -0.25) is 9.59 Å². The summed E-state index contributed by atoms with van der Waals surface area (Å²) in [5.41, 5.74) is 3.09. The van der Waals surface area contributed by atoms with Crippen molar-refractivity contribution in [3.05, 3.63) is 77.0 Å². The van der Waals surface area contributed by atoms with Gasteiger partial charge >= 0.3 is 0 Å². The second-order valence-corrected chi connectivity index (χ2v) is 8.52. The summed E-state index contributed by atoms with van der Waals surface area (Å²) < 4.78 is 26.8. The molecule has 1 amide bonds. The normalized spacial score (nSPS) is 11.9. The summed E-state index contributed by atoms with van der Waals surface area (Å²) in [7, 11) is 1.71. The lowest BCUT2D eigenvalue weighted by Gasteiger charge is -2.15. The summed E-state index contributed by atoms with van der Waals surface area (Å²) in [6.07, 6.45) is 0.334. The fourth-order valence-corrected chi connectivity index (χ4v) is 3.66. The second kappa shape index (κ2) is 10.5. The van der Waals surface area contributed by atoms with Gasteiger partial charge in [0.15, 0.2) is 11.9 Å². The van der Waals surface area contributed by atoms with Crippen LogP contribution in [0.3, 0.4) is 0 Å². The predicted molar refractivity (Wildman–Crippen MR) is 128 cm³/mol. The Labute approximate surface area is 197 Å². The van der Waals surface area contributed by atoms with Gasteiger partial charge in [-0.15, -0.1) is 0 Å². The van der Waals surface area contributed by atoms with Crippen LogP contribution in [0.4, 0.5) is 20.3 Å². The number of aryl methyl sites for hydroxylation is 1. The molecule has 0 bridgehead atoms. The number of aliphatic hydroxyl groups is 1. The number of rotatable bonds is 8. The Balaban J connectivity index is 1.83. The van der Waals surface area contributed by atoms with Crippen LogP contribution in [0.15, 0.2) is 48.7 Å². The quantitative estimate of drug-likeness (QED) is 0.392. The van der Waals surface area contributed by atoms with E-state index in [1.165, 1.54) is 0 Å². The van der Waals surface area contributed by atoms with Crippen molar-refractivity contribution in [2.24, 2.45) is 5.92 Å². The van der Waals surface area contributed by atoms with E-state index in [9.17, 15) is 23.5 Å². The van der Waals surface area contributed by atoms with Crippen molar-refractivity contribution in [1.29, 1.82) is 0 Å². The summed E-state index contributed by atoms with van der Waals surface area (Å²) >= 11 is 0. The van der Waals surface area contributed by atoms with Crippen LogP contribution in [0.5, 0.6) is 0 Å². The number of nitrogens with zero attached hydrogens (tertiary/aromatic N) is 1. The zero-order valence-electron chi connectivity index (χ0n) is 19.4. The zero-order chi connectivity index (χ0) is 25.0. The fraction of sp³-hybridized carbons (Fsp3) is 0.269. The molecule has 1 aromatic heterocycles. The van der Waals surface area contributed by atoms with Crippen LogP contribution < -0.4 is 10.6 Å². The number of Topliss-reactive ketones (excluding diaryl/α,β-unsaturated/α-hetero) is 1. The van der Waals surface area contributed by atoms with Crippen LogP contribution in [-0.4, -0.2) is 28.8 Å². The number of benzene rings is 2. The molecule has 0 fully saturated rings. The third kappa shape index (κ3) is 5.82. The minimum absolute atomic E-state index is 0.00184. The average molecular weight is 468 g/mol. The van der Waals surface area contributed by atoms with Gasteiger partial charge < -0.3 is 15.7 Å². The smallest absolute Gasteiger partial charge is 0.257 e. The van der Waals surface area contributed by atoms with E-state index in [1.54, 1.807) is 37.5 Å². The number of pyridine rings is 1. The number of halogens is 2. The minimum atomic E-state index is -1.74. The van der Waals surface area contributed by atoms with Gasteiger partial charge in [-0.25, -0.2) is 13.8 Å². The van der Waals surface area contributed by atoms with E-state index >= 15 is 0 Å². The molecular weight excluding hydrogens is 440 g/mol. The van der Waals surface area contributed by atoms with Crippen LogP contribution in [0.2, 0.25) is 0 Å². The molecule has 0 saturated carbocycles. The molecule has 0 aliphatic rings. The molecule has 34 heavy (non-hydrogen) atoms. The van der Waals surface area contributed by atoms with Crippen molar-refractivity contribution >= 4 is 23.2 Å². The van der Waals surface area contributed by atoms with Gasteiger partial charge in [0.2, 0.25) is 0 Å². The first-order valence-corrected chi connectivity index (χ1v) is 10.9. The van der Waals surface area contributed by atoms with Gasteiger partial charge in [0, 0.05) is 37.0 Å². The maximum Gasteiger partial charge on any atom is 0.257 e. The van der Waals surface area contributed by atoms with Crippen molar-refractivity contribution in [1.82, 2.24) is 4.98 Å². The molecule has 0 aliphatic heterocycles. The van der Waals surface area contributed by atoms with Gasteiger partial charge in [-0.05, 0) is 59.9 Å². The Morgan fingerprint density at radius 2 is 1.74 bits per heavy atom.